The van der Waals surface area contributed by atoms with Crippen LogP contribution in [0.2, 0.25) is 0 Å². The van der Waals surface area contributed by atoms with Crippen molar-refractivity contribution in [2.45, 2.75) is 6.61 Å². The van der Waals surface area contributed by atoms with Crippen LogP contribution in [-0.4, -0.2) is 13.0 Å². The van der Waals surface area contributed by atoms with Crippen molar-refractivity contribution in [2.75, 3.05) is 12.4 Å². The zero-order chi connectivity index (χ0) is 21.3. The van der Waals surface area contributed by atoms with E-state index in [2.05, 4.69) is 21.2 Å². The average Bonchev–Trinajstić information content (AvgIpc) is 2.78. The quantitative estimate of drug-likeness (QED) is 0.367. The highest BCUT2D eigenvalue weighted by Crippen LogP contribution is 2.28. The molecule has 1 N–H and O–H groups in total. The van der Waals surface area contributed by atoms with E-state index < -0.39 is 5.91 Å². The summed E-state index contributed by atoms with van der Waals surface area (Å²) in [5, 5.41) is 12.1. The molecule has 5 nitrogen and oxygen atoms in total. The molecule has 0 aromatic heterocycles. The summed E-state index contributed by atoms with van der Waals surface area (Å²) in [5.74, 6) is 0.879. The third kappa shape index (κ3) is 5.72. The molecule has 3 aromatic rings. The van der Waals surface area contributed by atoms with Crippen molar-refractivity contribution < 1.29 is 14.3 Å². The maximum atomic E-state index is 12.4. The number of hydrogen-bond donors (Lipinski definition) is 1. The van der Waals surface area contributed by atoms with E-state index >= 15 is 0 Å². The van der Waals surface area contributed by atoms with Gasteiger partial charge in [-0.25, -0.2) is 0 Å². The standard InChI is InChI=1S/C24H19BrN2O3/c1-29-21-10-8-20(9-11-21)27-24(28)19(15-26)13-18-7-12-23(22(25)14-18)30-16-17-5-3-2-4-6-17/h2-14H,16H2,1H3,(H,27,28). The van der Waals surface area contributed by atoms with E-state index in [1.54, 1.807) is 49.6 Å². The molecule has 0 bridgehead atoms. The van der Waals surface area contributed by atoms with Gasteiger partial charge in [-0.05, 0) is 69.5 Å². The van der Waals surface area contributed by atoms with Gasteiger partial charge in [-0.3, -0.25) is 4.79 Å². The van der Waals surface area contributed by atoms with E-state index in [1.807, 2.05) is 36.4 Å². The molecule has 0 spiro atoms. The van der Waals surface area contributed by atoms with Gasteiger partial charge in [-0.2, -0.15) is 5.26 Å². The molecule has 3 rings (SSSR count). The van der Waals surface area contributed by atoms with Crippen LogP contribution in [0.5, 0.6) is 11.5 Å². The Kier molecular flexibility index (Phi) is 7.25. The predicted octanol–water partition coefficient (Wildman–Crippen LogP) is 5.58. The number of nitriles is 1. The van der Waals surface area contributed by atoms with Crippen LogP contribution in [0.1, 0.15) is 11.1 Å². The normalized spacial score (nSPS) is 10.8. The Morgan fingerprint density at radius 3 is 2.47 bits per heavy atom. The van der Waals surface area contributed by atoms with E-state index in [4.69, 9.17) is 9.47 Å². The number of nitrogens with zero attached hydrogens (tertiary/aromatic N) is 1. The summed E-state index contributed by atoms with van der Waals surface area (Å²) in [6.45, 7) is 0.447. The first-order chi connectivity index (χ1) is 14.6. The molecule has 0 radical (unpaired) electrons. The number of hydrogen-bond acceptors (Lipinski definition) is 4. The van der Waals surface area contributed by atoms with Gasteiger partial charge < -0.3 is 14.8 Å². The van der Waals surface area contributed by atoms with Crippen LogP contribution in [-0.2, 0) is 11.4 Å². The van der Waals surface area contributed by atoms with Crippen LogP contribution >= 0.6 is 15.9 Å². The van der Waals surface area contributed by atoms with Gasteiger partial charge in [0.15, 0.2) is 0 Å². The molecule has 0 aliphatic rings. The summed E-state index contributed by atoms with van der Waals surface area (Å²) < 4.78 is 11.7. The third-order valence-electron chi connectivity index (χ3n) is 4.22. The van der Waals surface area contributed by atoms with Gasteiger partial charge >= 0.3 is 0 Å². The fourth-order valence-corrected chi connectivity index (χ4v) is 3.16. The molecule has 0 fully saturated rings. The van der Waals surface area contributed by atoms with Gasteiger partial charge in [0.05, 0.1) is 11.6 Å². The number of carbonyl (C=O) groups excluding carboxylic acids is 1. The Bertz CT molecular complexity index is 1090. The molecule has 6 heteroatoms. The molecule has 1 amide bonds. The third-order valence-corrected chi connectivity index (χ3v) is 4.84. The second-order valence-electron chi connectivity index (χ2n) is 6.32. The van der Waals surface area contributed by atoms with Gasteiger partial charge in [-0.1, -0.05) is 36.4 Å². The average molecular weight is 463 g/mol. The summed E-state index contributed by atoms with van der Waals surface area (Å²) in [6.07, 6.45) is 1.53. The number of halogens is 1. The van der Waals surface area contributed by atoms with Crippen molar-refractivity contribution in [3.8, 4) is 17.6 Å². The largest absolute Gasteiger partial charge is 0.497 e. The molecule has 30 heavy (non-hydrogen) atoms. The van der Waals surface area contributed by atoms with Crippen molar-refractivity contribution in [3.63, 3.8) is 0 Å². The number of carbonyl (C=O) groups is 1. The van der Waals surface area contributed by atoms with Crippen molar-refractivity contribution in [2.24, 2.45) is 0 Å². The highest BCUT2D eigenvalue weighted by molar-refractivity contribution is 9.10. The lowest BCUT2D eigenvalue weighted by Crippen LogP contribution is -2.13. The lowest BCUT2D eigenvalue weighted by molar-refractivity contribution is -0.112. The molecule has 0 saturated heterocycles. The maximum Gasteiger partial charge on any atom is 0.266 e. The smallest absolute Gasteiger partial charge is 0.266 e. The number of rotatable bonds is 7. The monoisotopic (exact) mass is 462 g/mol. The van der Waals surface area contributed by atoms with E-state index in [0.29, 0.717) is 29.4 Å². The first-order valence-electron chi connectivity index (χ1n) is 9.12. The Balaban J connectivity index is 1.69. The van der Waals surface area contributed by atoms with Gasteiger partial charge in [0.25, 0.3) is 5.91 Å². The fraction of sp³-hybridized carbons (Fsp3) is 0.0833. The number of anilines is 1. The van der Waals surface area contributed by atoms with Crippen molar-refractivity contribution >= 4 is 33.6 Å². The molecule has 150 valence electrons. The van der Waals surface area contributed by atoms with Crippen LogP contribution in [0.25, 0.3) is 6.08 Å². The first kappa shape index (κ1) is 21.2. The second kappa shape index (κ2) is 10.3. The molecular weight excluding hydrogens is 444 g/mol. The van der Waals surface area contributed by atoms with E-state index in [1.165, 1.54) is 6.08 Å². The Morgan fingerprint density at radius 1 is 1.10 bits per heavy atom. The van der Waals surface area contributed by atoms with E-state index in [0.717, 1.165) is 10.0 Å². The number of methoxy groups -OCH3 is 1. The summed E-state index contributed by atoms with van der Waals surface area (Å²) >= 11 is 3.49. The molecule has 0 unspecified atom stereocenters. The van der Waals surface area contributed by atoms with Gasteiger partial charge in [0.2, 0.25) is 0 Å². The number of benzene rings is 3. The summed E-state index contributed by atoms with van der Waals surface area (Å²) in [6, 6.07) is 24.1. The van der Waals surface area contributed by atoms with Gasteiger partial charge in [0, 0.05) is 5.69 Å². The van der Waals surface area contributed by atoms with Crippen LogP contribution < -0.4 is 14.8 Å². The number of amides is 1. The minimum absolute atomic E-state index is 0.00401. The zero-order valence-electron chi connectivity index (χ0n) is 16.3. The van der Waals surface area contributed by atoms with E-state index in [-0.39, 0.29) is 5.57 Å². The number of nitrogens with one attached hydrogen (secondary N) is 1. The van der Waals surface area contributed by atoms with Crippen molar-refractivity contribution in [1.29, 1.82) is 5.26 Å². The number of ether oxygens (including phenoxy) is 2. The van der Waals surface area contributed by atoms with E-state index in [9.17, 15) is 10.1 Å². The summed E-state index contributed by atoms with van der Waals surface area (Å²) in [5.41, 5.74) is 2.34. The van der Waals surface area contributed by atoms with Crippen molar-refractivity contribution in [1.82, 2.24) is 0 Å². The zero-order valence-corrected chi connectivity index (χ0v) is 17.8. The van der Waals surface area contributed by atoms with Gasteiger partial charge in [-0.15, -0.1) is 0 Å². The highest BCUT2D eigenvalue weighted by Gasteiger charge is 2.11. The molecule has 0 saturated carbocycles. The van der Waals surface area contributed by atoms with Crippen molar-refractivity contribution in [3.05, 3.63) is 94.0 Å². The van der Waals surface area contributed by atoms with Crippen LogP contribution in [0.4, 0.5) is 5.69 Å². The fourth-order valence-electron chi connectivity index (χ4n) is 2.65. The lowest BCUT2D eigenvalue weighted by atomic mass is 10.1. The highest BCUT2D eigenvalue weighted by atomic mass is 79.9. The Hall–Kier alpha value is -3.56. The molecular formula is C24H19BrN2O3. The predicted molar refractivity (Wildman–Crippen MR) is 120 cm³/mol. The van der Waals surface area contributed by atoms with Crippen LogP contribution in [0.3, 0.4) is 0 Å². The van der Waals surface area contributed by atoms with Crippen LogP contribution in [0.15, 0.2) is 82.8 Å². The van der Waals surface area contributed by atoms with Crippen LogP contribution in [0, 0.1) is 11.3 Å². The molecule has 3 aromatic carbocycles. The summed E-state index contributed by atoms with van der Waals surface area (Å²) in [4.78, 5) is 12.4. The minimum atomic E-state index is -0.483. The molecule has 0 aliphatic carbocycles. The Morgan fingerprint density at radius 2 is 1.83 bits per heavy atom. The minimum Gasteiger partial charge on any atom is -0.497 e. The Labute approximate surface area is 183 Å². The topological polar surface area (TPSA) is 71.3 Å². The molecule has 0 aliphatic heterocycles. The molecule has 0 heterocycles. The van der Waals surface area contributed by atoms with Gasteiger partial charge in [0.1, 0.15) is 29.7 Å². The first-order valence-corrected chi connectivity index (χ1v) is 9.92. The maximum absolute atomic E-state index is 12.4. The molecule has 0 atom stereocenters. The second-order valence-corrected chi connectivity index (χ2v) is 7.17. The SMILES string of the molecule is COc1ccc(NC(=O)C(C#N)=Cc2ccc(OCc3ccccc3)c(Br)c2)cc1. The summed E-state index contributed by atoms with van der Waals surface area (Å²) in [7, 11) is 1.57. The lowest BCUT2D eigenvalue weighted by Gasteiger charge is -2.09.